The number of carbonyl (C=O) groups excluding carboxylic acids is 3. The third kappa shape index (κ3) is 3.69. The predicted molar refractivity (Wildman–Crippen MR) is 73.6 cm³/mol. The molecule has 1 amide bonds. The Morgan fingerprint density at radius 1 is 1.35 bits per heavy atom. The fraction of sp³-hybridized carbons (Fsp3) is 0.500. The molecule has 0 saturated carbocycles. The number of Topliss-reactive ketones (excluding diaryl/α,β-unsaturated/α-hetero) is 1. The lowest BCUT2D eigenvalue weighted by molar-refractivity contribution is -0.140. The average molecular weight is 280 g/mol. The van der Waals surface area contributed by atoms with Crippen molar-refractivity contribution < 1.29 is 19.1 Å². The molecule has 1 heterocycles. The third-order valence-corrected chi connectivity index (χ3v) is 3.11. The van der Waals surface area contributed by atoms with Crippen LogP contribution in [0.2, 0.25) is 0 Å². The smallest absolute Gasteiger partial charge is 0.307 e. The summed E-state index contributed by atoms with van der Waals surface area (Å²) in [7, 11) is 3.03. The molecule has 1 aromatic rings. The van der Waals surface area contributed by atoms with Gasteiger partial charge < -0.3 is 14.2 Å². The highest BCUT2D eigenvalue weighted by Crippen LogP contribution is 2.11. The zero-order valence-corrected chi connectivity index (χ0v) is 12.3. The topological polar surface area (TPSA) is 68.6 Å². The highest BCUT2D eigenvalue weighted by Gasteiger charge is 2.19. The second-order valence-corrected chi connectivity index (χ2v) is 4.49. The van der Waals surface area contributed by atoms with Gasteiger partial charge in [0.05, 0.1) is 13.5 Å². The normalized spacial score (nSPS) is 10.2. The summed E-state index contributed by atoms with van der Waals surface area (Å²) in [6.45, 7) is 4.07. The molecule has 0 saturated heterocycles. The van der Waals surface area contributed by atoms with Gasteiger partial charge in [-0.2, -0.15) is 0 Å². The molecule has 0 aliphatic rings. The molecule has 0 aliphatic heterocycles. The van der Waals surface area contributed by atoms with Crippen LogP contribution in [0.25, 0.3) is 0 Å². The first-order valence-electron chi connectivity index (χ1n) is 6.44. The number of methoxy groups -OCH3 is 1. The van der Waals surface area contributed by atoms with Gasteiger partial charge in [-0.1, -0.05) is 0 Å². The van der Waals surface area contributed by atoms with Crippen molar-refractivity contribution >= 4 is 17.7 Å². The third-order valence-electron chi connectivity index (χ3n) is 3.11. The fourth-order valence-corrected chi connectivity index (χ4v) is 1.86. The van der Waals surface area contributed by atoms with Crippen LogP contribution < -0.4 is 0 Å². The summed E-state index contributed by atoms with van der Waals surface area (Å²) in [5.74, 6) is -0.642. The van der Waals surface area contributed by atoms with Gasteiger partial charge in [0, 0.05) is 31.9 Å². The van der Waals surface area contributed by atoms with Crippen molar-refractivity contribution in [3.8, 4) is 0 Å². The quantitative estimate of drug-likeness (QED) is 0.581. The van der Waals surface area contributed by atoms with Gasteiger partial charge in [0.25, 0.3) is 5.91 Å². The van der Waals surface area contributed by atoms with Crippen molar-refractivity contribution in [1.29, 1.82) is 0 Å². The van der Waals surface area contributed by atoms with Crippen LogP contribution in [0.15, 0.2) is 12.3 Å². The van der Waals surface area contributed by atoms with E-state index in [0.717, 1.165) is 0 Å². The van der Waals surface area contributed by atoms with E-state index in [0.29, 0.717) is 24.3 Å². The van der Waals surface area contributed by atoms with Gasteiger partial charge in [-0.3, -0.25) is 14.4 Å². The number of carbonyl (C=O) groups is 3. The van der Waals surface area contributed by atoms with Crippen molar-refractivity contribution in [3.63, 3.8) is 0 Å². The van der Waals surface area contributed by atoms with Crippen LogP contribution in [-0.2, 0) is 16.6 Å². The van der Waals surface area contributed by atoms with E-state index >= 15 is 0 Å². The van der Waals surface area contributed by atoms with Gasteiger partial charge >= 0.3 is 5.97 Å². The van der Waals surface area contributed by atoms with E-state index in [2.05, 4.69) is 4.74 Å². The molecule has 0 spiro atoms. The minimum atomic E-state index is -0.354. The molecular formula is C14H20N2O4. The zero-order chi connectivity index (χ0) is 15.3. The molecule has 0 unspecified atom stereocenters. The highest BCUT2D eigenvalue weighted by atomic mass is 16.5. The van der Waals surface area contributed by atoms with Crippen molar-refractivity contribution in [2.24, 2.45) is 7.05 Å². The Hall–Kier alpha value is -2.11. The first-order chi connectivity index (χ1) is 9.40. The molecule has 1 rings (SSSR count). The Kier molecular flexibility index (Phi) is 5.49. The largest absolute Gasteiger partial charge is 0.469 e. The van der Waals surface area contributed by atoms with E-state index in [1.807, 2.05) is 6.92 Å². The van der Waals surface area contributed by atoms with Crippen LogP contribution in [0.4, 0.5) is 0 Å². The van der Waals surface area contributed by atoms with Gasteiger partial charge in [-0.05, 0) is 19.9 Å². The van der Waals surface area contributed by atoms with E-state index in [1.54, 1.807) is 28.8 Å². The molecule has 0 N–H and O–H groups in total. The van der Waals surface area contributed by atoms with E-state index < -0.39 is 0 Å². The molecule has 0 aliphatic carbocycles. The van der Waals surface area contributed by atoms with Crippen LogP contribution >= 0.6 is 0 Å². The Labute approximate surface area is 118 Å². The molecule has 0 aromatic carbocycles. The Bertz CT molecular complexity index is 519. The van der Waals surface area contributed by atoms with Crippen LogP contribution in [-0.4, -0.2) is 47.3 Å². The van der Waals surface area contributed by atoms with Crippen molar-refractivity contribution in [2.45, 2.75) is 20.3 Å². The zero-order valence-electron chi connectivity index (χ0n) is 12.3. The van der Waals surface area contributed by atoms with E-state index in [1.165, 1.54) is 14.0 Å². The average Bonchev–Trinajstić information content (AvgIpc) is 2.81. The number of hydrogen-bond donors (Lipinski definition) is 0. The molecule has 1 aromatic heterocycles. The van der Waals surface area contributed by atoms with Gasteiger partial charge in [0.2, 0.25) is 0 Å². The van der Waals surface area contributed by atoms with E-state index in [4.69, 9.17) is 0 Å². The lowest BCUT2D eigenvalue weighted by Crippen LogP contribution is -2.34. The number of hydrogen-bond acceptors (Lipinski definition) is 4. The Morgan fingerprint density at radius 3 is 2.45 bits per heavy atom. The molecule has 20 heavy (non-hydrogen) atoms. The lowest BCUT2D eigenvalue weighted by atomic mass is 10.2. The summed E-state index contributed by atoms with van der Waals surface area (Å²) in [5, 5.41) is 0. The second-order valence-electron chi connectivity index (χ2n) is 4.49. The number of amides is 1. The molecule has 0 radical (unpaired) electrons. The number of aryl methyl sites for hydroxylation is 1. The molecule has 6 nitrogen and oxygen atoms in total. The molecule has 6 heteroatoms. The maximum Gasteiger partial charge on any atom is 0.307 e. The monoisotopic (exact) mass is 280 g/mol. The Morgan fingerprint density at radius 2 is 2.00 bits per heavy atom. The van der Waals surface area contributed by atoms with Crippen molar-refractivity contribution in [2.75, 3.05) is 20.2 Å². The number of ketones is 1. The summed E-state index contributed by atoms with van der Waals surface area (Å²) in [4.78, 5) is 36.4. The molecule has 0 atom stereocenters. The summed E-state index contributed by atoms with van der Waals surface area (Å²) >= 11 is 0. The first-order valence-corrected chi connectivity index (χ1v) is 6.44. The SMILES string of the molecule is CCN(CCC(=O)OC)C(=O)c1cc(C(C)=O)cn1C. The summed E-state index contributed by atoms with van der Waals surface area (Å²) in [6.07, 6.45) is 1.78. The number of nitrogens with zero attached hydrogens (tertiary/aromatic N) is 2. The highest BCUT2D eigenvalue weighted by molar-refractivity contribution is 5.99. The number of aromatic nitrogens is 1. The molecule has 0 bridgehead atoms. The minimum Gasteiger partial charge on any atom is -0.469 e. The van der Waals surface area contributed by atoms with Gasteiger partial charge in [0.15, 0.2) is 5.78 Å². The first kappa shape index (κ1) is 15.9. The summed E-state index contributed by atoms with van der Waals surface area (Å²) in [6, 6.07) is 1.57. The second kappa shape index (κ2) is 6.88. The summed E-state index contributed by atoms with van der Waals surface area (Å²) < 4.78 is 6.19. The maximum atomic E-state index is 12.4. The Balaban J connectivity index is 2.85. The van der Waals surface area contributed by atoms with Crippen molar-refractivity contribution in [3.05, 3.63) is 23.5 Å². The van der Waals surface area contributed by atoms with Gasteiger partial charge in [-0.25, -0.2) is 0 Å². The fourth-order valence-electron chi connectivity index (χ4n) is 1.86. The predicted octanol–water partition coefficient (Wildman–Crippen LogP) is 1.25. The lowest BCUT2D eigenvalue weighted by Gasteiger charge is -2.20. The van der Waals surface area contributed by atoms with Gasteiger partial charge in [0.1, 0.15) is 5.69 Å². The standard InChI is InChI=1S/C14H20N2O4/c1-5-16(7-6-13(18)20-4)14(19)12-8-11(10(2)17)9-15(12)3/h8-9H,5-7H2,1-4H3. The van der Waals surface area contributed by atoms with Crippen LogP contribution in [0.1, 0.15) is 41.1 Å². The molecule has 110 valence electrons. The van der Waals surface area contributed by atoms with E-state index in [-0.39, 0.29) is 24.1 Å². The summed E-state index contributed by atoms with van der Waals surface area (Å²) in [5.41, 5.74) is 0.932. The number of ether oxygens (including phenoxy) is 1. The molecular weight excluding hydrogens is 260 g/mol. The van der Waals surface area contributed by atoms with Crippen molar-refractivity contribution in [1.82, 2.24) is 9.47 Å². The van der Waals surface area contributed by atoms with Crippen LogP contribution in [0, 0.1) is 0 Å². The number of esters is 1. The van der Waals surface area contributed by atoms with Crippen LogP contribution in [0.3, 0.4) is 0 Å². The molecule has 0 fully saturated rings. The minimum absolute atomic E-state index is 0.0859. The number of rotatable bonds is 6. The maximum absolute atomic E-state index is 12.4. The van der Waals surface area contributed by atoms with Crippen LogP contribution in [0.5, 0.6) is 0 Å². The van der Waals surface area contributed by atoms with E-state index in [9.17, 15) is 14.4 Å². The van der Waals surface area contributed by atoms with Gasteiger partial charge in [-0.15, -0.1) is 0 Å².